The molecule has 2 heterocycles. The zero-order valence-electron chi connectivity index (χ0n) is 13.2. The molecule has 24 heavy (non-hydrogen) atoms. The molecule has 2 aromatic heterocycles. The second kappa shape index (κ2) is 7.40. The second-order valence-corrected chi connectivity index (χ2v) is 6.57. The highest BCUT2D eigenvalue weighted by molar-refractivity contribution is 9.10. The molecule has 3 aromatic rings. The van der Waals surface area contributed by atoms with E-state index < -0.39 is 6.43 Å². The summed E-state index contributed by atoms with van der Waals surface area (Å²) in [5.74, 6) is 0. The van der Waals surface area contributed by atoms with Gasteiger partial charge in [-0.15, -0.1) is 0 Å². The van der Waals surface area contributed by atoms with Crippen molar-refractivity contribution < 1.29 is 8.78 Å². The van der Waals surface area contributed by atoms with Crippen LogP contribution in [-0.4, -0.2) is 16.5 Å². The molecule has 0 bridgehead atoms. The van der Waals surface area contributed by atoms with Crippen molar-refractivity contribution in [3.8, 4) is 0 Å². The summed E-state index contributed by atoms with van der Waals surface area (Å²) in [4.78, 5) is 7.09. The predicted molar refractivity (Wildman–Crippen MR) is 95.3 cm³/mol. The summed E-state index contributed by atoms with van der Waals surface area (Å²) in [6.45, 7) is 2.79. The summed E-state index contributed by atoms with van der Waals surface area (Å²) in [5.41, 5.74) is 3.07. The normalized spacial score (nSPS) is 12.9. The third-order valence-electron chi connectivity index (χ3n) is 4.11. The van der Waals surface area contributed by atoms with Gasteiger partial charge in [0.05, 0.1) is 0 Å². The Balaban J connectivity index is 1.61. The lowest BCUT2D eigenvalue weighted by Gasteiger charge is -2.14. The lowest BCUT2D eigenvalue weighted by atomic mass is 10.1. The van der Waals surface area contributed by atoms with E-state index in [1.165, 1.54) is 23.2 Å². The van der Waals surface area contributed by atoms with E-state index in [1.807, 2.05) is 25.3 Å². The van der Waals surface area contributed by atoms with Gasteiger partial charge in [0.15, 0.2) is 0 Å². The molecular weight excluding hydrogens is 376 g/mol. The number of aromatic nitrogens is 2. The van der Waals surface area contributed by atoms with Crippen LogP contribution in [0.3, 0.4) is 0 Å². The lowest BCUT2D eigenvalue weighted by Crippen LogP contribution is -2.21. The molecule has 0 saturated heterocycles. The number of aromatic amines is 1. The van der Waals surface area contributed by atoms with Gasteiger partial charge >= 0.3 is 0 Å². The molecule has 6 heteroatoms. The molecule has 0 radical (unpaired) electrons. The fourth-order valence-electron chi connectivity index (χ4n) is 2.75. The highest BCUT2D eigenvalue weighted by atomic mass is 79.9. The van der Waals surface area contributed by atoms with Crippen LogP contribution in [0, 0.1) is 0 Å². The zero-order valence-corrected chi connectivity index (χ0v) is 14.8. The van der Waals surface area contributed by atoms with E-state index in [0.717, 1.165) is 28.5 Å². The van der Waals surface area contributed by atoms with Gasteiger partial charge in [0, 0.05) is 33.8 Å². The Kier molecular flexibility index (Phi) is 5.26. The predicted octanol–water partition coefficient (Wildman–Crippen LogP) is 5.16. The average molecular weight is 394 g/mol. The van der Waals surface area contributed by atoms with Crippen LogP contribution in [0.4, 0.5) is 8.78 Å². The van der Waals surface area contributed by atoms with Crippen molar-refractivity contribution in [2.75, 3.05) is 6.54 Å². The summed E-state index contributed by atoms with van der Waals surface area (Å²) in [6.07, 6.45) is 1.89. The Bertz CT molecular complexity index is 815. The zero-order chi connectivity index (χ0) is 17.1. The van der Waals surface area contributed by atoms with Crippen molar-refractivity contribution in [2.24, 2.45) is 0 Å². The second-order valence-electron chi connectivity index (χ2n) is 5.72. The average Bonchev–Trinajstić information content (AvgIpc) is 2.99. The Morgan fingerprint density at radius 2 is 2.08 bits per heavy atom. The van der Waals surface area contributed by atoms with E-state index in [0.29, 0.717) is 0 Å². The van der Waals surface area contributed by atoms with E-state index >= 15 is 0 Å². The molecule has 1 atom stereocenters. The highest BCUT2D eigenvalue weighted by Gasteiger charge is 2.11. The minimum atomic E-state index is -2.53. The number of alkyl halides is 2. The van der Waals surface area contributed by atoms with Crippen molar-refractivity contribution in [3.05, 3.63) is 64.0 Å². The Hall–Kier alpha value is -1.79. The number of pyridine rings is 1. The van der Waals surface area contributed by atoms with Crippen molar-refractivity contribution in [1.82, 2.24) is 15.3 Å². The summed E-state index contributed by atoms with van der Waals surface area (Å²) in [7, 11) is 0. The largest absolute Gasteiger partial charge is 0.361 e. The smallest absolute Gasteiger partial charge is 0.280 e. The van der Waals surface area contributed by atoms with E-state index in [-0.39, 0.29) is 11.7 Å². The van der Waals surface area contributed by atoms with Gasteiger partial charge in [-0.2, -0.15) is 0 Å². The first-order chi connectivity index (χ1) is 11.6. The van der Waals surface area contributed by atoms with Crippen LogP contribution in [0.5, 0.6) is 0 Å². The summed E-state index contributed by atoms with van der Waals surface area (Å²) in [6, 6.07) is 9.23. The third kappa shape index (κ3) is 3.65. The van der Waals surface area contributed by atoms with Crippen LogP contribution in [0.15, 0.2) is 47.2 Å². The van der Waals surface area contributed by atoms with Gasteiger partial charge in [-0.25, -0.2) is 8.78 Å². The number of hydrogen-bond donors (Lipinski definition) is 2. The number of H-pyrrole nitrogens is 1. The maximum atomic E-state index is 12.5. The molecule has 1 unspecified atom stereocenters. The van der Waals surface area contributed by atoms with E-state index in [9.17, 15) is 8.78 Å². The number of benzene rings is 1. The van der Waals surface area contributed by atoms with Crippen LogP contribution < -0.4 is 5.32 Å². The Labute approximate surface area is 147 Å². The van der Waals surface area contributed by atoms with Crippen LogP contribution in [-0.2, 0) is 6.42 Å². The van der Waals surface area contributed by atoms with E-state index in [4.69, 9.17) is 0 Å². The van der Waals surface area contributed by atoms with Crippen LogP contribution in [0.25, 0.3) is 10.9 Å². The quantitative estimate of drug-likeness (QED) is 0.607. The van der Waals surface area contributed by atoms with Crippen LogP contribution in [0.1, 0.15) is 36.2 Å². The highest BCUT2D eigenvalue weighted by Crippen LogP contribution is 2.27. The summed E-state index contributed by atoms with van der Waals surface area (Å²) in [5, 5.41) is 4.62. The maximum absolute atomic E-state index is 12.5. The van der Waals surface area contributed by atoms with Gasteiger partial charge in [-0.1, -0.05) is 28.1 Å². The Morgan fingerprint density at radius 3 is 2.79 bits per heavy atom. The molecule has 0 amide bonds. The first-order valence-corrected chi connectivity index (χ1v) is 8.57. The monoisotopic (exact) mass is 393 g/mol. The maximum Gasteiger partial charge on any atom is 0.280 e. The number of halogens is 3. The van der Waals surface area contributed by atoms with E-state index in [2.05, 4.69) is 37.3 Å². The molecule has 3 rings (SSSR count). The molecule has 1 aromatic carbocycles. The first-order valence-electron chi connectivity index (χ1n) is 7.78. The SMILES string of the molecule is CC(NCCc1c[nH]c2cccc(Br)c12)c1ccc(C(F)F)nc1. The Morgan fingerprint density at radius 1 is 1.25 bits per heavy atom. The lowest BCUT2D eigenvalue weighted by molar-refractivity contribution is 0.146. The van der Waals surface area contributed by atoms with Crippen LogP contribution >= 0.6 is 15.9 Å². The van der Waals surface area contributed by atoms with Gasteiger partial charge in [0.2, 0.25) is 0 Å². The molecular formula is C18H18BrF2N3. The fraction of sp³-hybridized carbons (Fsp3) is 0.278. The third-order valence-corrected chi connectivity index (χ3v) is 4.78. The van der Waals surface area contributed by atoms with Crippen molar-refractivity contribution >= 4 is 26.8 Å². The molecule has 0 fully saturated rings. The van der Waals surface area contributed by atoms with Crippen molar-refractivity contribution in [1.29, 1.82) is 0 Å². The molecule has 2 N–H and O–H groups in total. The summed E-state index contributed by atoms with van der Waals surface area (Å²) < 4.78 is 26.1. The molecule has 0 aliphatic carbocycles. The topological polar surface area (TPSA) is 40.7 Å². The van der Waals surface area contributed by atoms with Crippen molar-refractivity contribution in [2.45, 2.75) is 25.8 Å². The van der Waals surface area contributed by atoms with Crippen LogP contribution in [0.2, 0.25) is 0 Å². The van der Waals surface area contributed by atoms with Gasteiger partial charge < -0.3 is 10.3 Å². The molecule has 3 nitrogen and oxygen atoms in total. The molecule has 126 valence electrons. The fourth-order valence-corrected chi connectivity index (χ4v) is 3.37. The van der Waals surface area contributed by atoms with Crippen molar-refractivity contribution in [3.63, 3.8) is 0 Å². The molecule has 0 saturated carbocycles. The number of fused-ring (bicyclic) bond motifs is 1. The minimum Gasteiger partial charge on any atom is -0.361 e. The molecule has 0 aliphatic heterocycles. The summed E-state index contributed by atoms with van der Waals surface area (Å²) >= 11 is 3.59. The first kappa shape index (κ1) is 17.0. The number of nitrogens with zero attached hydrogens (tertiary/aromatic N) is 1. The molecule has 0 spiro atoms. The van der Waals surface area contributed by atoms with Gasteiger partial charge in [0.1, 0.15) is 5.69 Å². The number of rotatable bonds is 6. The van der Waals surface area contributed by atoms with Gasteiger partial charge in [-0.05, 0) is 49.2 Å². The standard InChI is InChI=1S/C18H18BrF2N3/c1-11(12-5-6-16(18(20)21)24-9-12)22-8-7-13-10-23-15-4-2-3-14(19)17(13)15/h2-6,9-11,18,22-23H,7-8H2,1H3. The van der Waals surface area contributed by atoms with Gasteiger partial charge in [0.25, 0.3) is 6.43 Å². The number of hydrogen-bond acceptors (Lipinski definition) is 2. The number of nitrogens with one attached hydrogen (secondary N) is 2. The van der Waals surface area contributed by atoms with Gasteiger partial charge in [-0.3, -0.25) is 4.98 Å². The minimum absolute atomic E-state index is 0.0536. The van der Waals surface area contributed by atoms with E-state index in [1.54, 1.807) is 6.07 Å². The molecule has 0 aliphatic rings.